The summed E-state index contributed by atoms with van der Waals surface area (Å²) >= 11 is 0. The lowest BCUT2D eigenvalue weighted by Gasteiger charge is -2.18. The summed E-state index contributed by atoms with van der Waals surface area (Å²) in [5.41, 5.74) is 8.74. The maximum Gasteiger partial charge on any atom is 0.208 e. The van der Waals surface area contributed by atoms with E-state index in [1.165, 1.54) is 6.07 Å². The molecular formula is C18H27FN4O3S. The number of benzene rings is 1. The normalized spacial score (nSPS) is 12.4. The number of hydrogen-bond acceptors (Lipinski definition) is 6. The van der Waals surface area contributed by atoms with E-state index < -0.39 is 10.0 Å². The number of hydrogen-bond donors (Lipinski definition) is 3. The number of aromatic nitrogens is 1. The summed E-state index contributed by atoms with van der Waals surface area (Å²) in [6.07, 6.45) is 3.76. The maximum absolute atomic E-state index is 13.8. The van der Waals surface area contributed by atoms with Crippen molar-refractivity contribution in [1.82, 2.24) is 9.71 Å². The van der Waals surface area contributed by atoms with Crippen molar-refractivity contribution in [1.29, 1.82) is 0 Å². The van der Waals surface area contributed by atoms with E-state index in [4.69, 9.17) is 10.8 Å². The Morgan fingerprint density at radius 2 is 2.00 bits per heavy atom. The highest BCUT2D eigenvalue weighted by Crippen LogP contribution is 2.29. The van der Waals surface area contributed by atoms with Crippen molar-refractivity contribution in [3.8, 4) is 0 Å². The van der Waals surface area contributed by atoms with E-state index in [0.717, 1.165) is 31.0 Å². The summed E-state index contributed by atoms with van der Waals surface area (Å²) < 4.78 is 36.7. The molecule has 0 fully saturated rings. The number of nitrogens with two attached hydrogens (primary N) is 1. The van der Waals surface area contributed by atoms with Gasteiger partial charge in [0.2, 0.25) is 10.0 Å². The standard InChI is InChI=1S/C13H12FN3.C4H11NO2S.CH4O/c14-11-6-10(15)3-4-13(11)17-7-9-2-1-5-16-12(9)8-17;1-3-4-5-8(2,6)7;1-2/h1-6H,7-8,15H2;5H,3-4H2,1-2H3;2H,1H3. The van der Waals surface area contributed by atoms with Crippen molar-refractivity contribution in [3.05, 3.63) is 53.6 Å². The first-order valence-electron chi connectivity index (χ1n) is 8.42. The molecule has 1 aromatic carbocycles. The Labute approximate surface area is 160 Å². The van der Waals surface area contributed by atoms with Crippen molar-refractivity contribution in [2.45, 2.75) is 26.4 Å². The van der Waals surface area contributed by atoms with E-state index in [0.29, 0.717) is 31.0 Å². The predicted molar refractivity (Wildman–Crippen MR) is 106 cm³/mol. The molecule has 2 aromatic rings. The van der Waals surface area contributed by atoms with Crippen molar-refractivity contribution in [2.24, 2.45) is 0 Å². The first kappa shape index (κ1) is 22.8. The van der Waals surface area contributed by atoms with E-state index in [1.807, 2.05) is 24.0 Å². The van der Waals surface area contributed by atoms with E-state index in [-0.39, 0.29) is 5.82 Å². The van der Waals surface area contributed by atoms with Crippen LogP contribution in [0.3, 0.4) is 0 Å². The van der Waals surface area contributed by atoms with Gasteiger partial charge in [0.25, 0.3) is 0 Å². The highest BCUT2D eigenvalue weighted by atomic mass is 32.2. The van der Waals surface area contributed by atoms with Crippen molar-refractivity contribution in [3.63, 3.8) is 0 Å². The van der Waals surface area contributed by atoms with Gasteiger partial charge in [0.1, 0.15) is 5.82 Å². The molecule has 1 aliphatic rings. The number of aliphatic hydroxyl groups is 1. The number of nitrogens with one attached hydrogen (secondary N) is 1. The van der Waals surface area contributed by atoms with Crippen molar-refractivity contribution < 1.29 is 17.9 Å². The van der Waals surface area contributed by atoms with Gasteiger partial charge in [0.15, 0.2) is 0 Å². The van der Waals surface area contributed by atoms with Crippen molar-refractivity contribution in [2.75, 3.05) is 30.5 Å². The SMILES string of the molecule is CCCNS(C)(=O)=O.CO.Nc1ccc(N2Cc3cccnc3C2)c(F)c1. The number of anilines is 2. The number of halogens is 1. The molecule has 7 nitrogen and oxygen atoms in total. The zero-order valence-corrected chi connectivity index (χ0v) is 16.6. The fraction of sp³-hybridized carbons (Fsp3) is 0.389. The fourth-order valence-electron chi connectivity index (χ4n) is 2.44. The Kier molecular flexibility index (Phi) is 9.13. The maximum atomic E-state index is 13.8. The minimum Gasteiger partial charge on any atom is -0.400 e. The summed E-state index contributed by atoms with van der Waals surface area (Å²) in [6.45, 7) is 3.80. The zero-order chi connectivity index (χ0) is 20.4. The van der Waals surface area contributed by atoms with Crippen molar-refractivity contribution >= 4 is 21.4 Å². The third-order valence-corrected chi connectivity index (χ3v) is 4.34. The Morgan fingerprint density at radius 3 is 2.52 bits per heavy atom. The third-order valence-electron chi connectivity index (χ3n) is 3.61. The third kappa shape index (κ3) is 7.49. The molecule has 0 saturated carbocycles. The molecule has 1 aliphatic heterocycles. The summed E-state index contributed by atoms with van der Waals surface area (Å²) in [4.78, 5) is 6.26. The topological polar surface area (TPSA) is 109 Å². The summed E-state index contributed by atoms with van der Waals surface area (Å²) in [5.74, 6) is -0.280. The number of rotatable bonds is 4. The van der Waals surface area contributed by atoms with E-state index in [2.05, 4.69) is 9.71 Å². The molecule has 0 aliphatic carbocycles. The quantitative estimate of drug-likeness (QED) is 0.679. The van der Waals surface area contributed by atoms with E-state index in [1.54, 1.807) is 18.3 Å². The van der Waals surface area contributed by atoms with Crippen LogP contribution in [0.1, 0.15) is 24.6 Å². The lowest BCUT2D eigenvalue weighted by atomic mass is 10.2. The fourth-order valence-corrected chi connectivity index (χ4v) is 3.01. The smallest absolute Gasteiger partial charge is 0.208 e. The molecule has 0 saturated heterocycles. The second kappa shape index (κ2) is 10.8. The van der Waals surface area contributed by atoms with Crippen LogP contribution >= 0.6 is 0 Å². The minimum atomic E-state index is -2.94. The molecule has 4 N–H and O–H groups in total. The van der Waals surface area contributed by atoms with Crippen LogP contribution in [0, 0.1) is 5.82 Å². The molecule has 3 rings (SSSR count). The van der Waals surface area contributed by atoms with E-state index in [9.17, 15) is 12.8 Å². The highest BCUT2D eigenvalue weighted by molar-refractivity contribution is 7.88. The van der Waals surface area contributed by atoms with Gasteiger partial charge in [-0.1, -0.05) is 13.0 Å². The highest BCUT2D eigenvalue weighted by Gasteiger charge is 2.21. The number of pyridine rings is 1. The minimum absolute atomic E-state index is 0.280. The molecule has 0 spiro atoms. The van der Waals surface area contributed by atoms with Crippen LogP contribution in [0.5, 0.6) is 0 Å². The van der Waals surface area contributed by atoms with Gasteiger partial charge < -0.3 is 15.7 Å². The molecule has 0 atom stereocenters. The first-order valence-corrected chi connectivity index (χ1v) is 10.3. The lowest BCUT2D eigenvalue weighted by molar-refractivity contribution is 0.399. The first-order chi connectivity index (χ1) is 12.8. The average molecular weight is 399 g/mol. The molecule has 1 aromatic heterocycles. The molecule has 0 unspecified atom stereocenters. The van der Waals surface area contributed by atoms with Crippen LogP contribution in [-0.4, -0.2) is 38.4 Å². The number of aliphatic hydroxyl groups excluding tert-OH is 1. The Morgan fingerprint density at radius 1 is 1.30 bits per heavy atom. The Hall–Kier alpha value is -2.23. The van der Waals surface area contributed by atoms with Crippen LogP contribution < -0.4 is 15.4 Å². The van der Waals surface area contributed by atoms with Crippen LogP contribution in [0.15, 0.2) is 36.5 Å². The van der Waals surface area contributed by atoms with Gasteiger partial charge in [-0.05, 0) is 36.2 Å². The number of sulfonamides is 1. The van der Waals surface area contributed by atoms with Gasteiger partial charge in [-0.3, -0.25) is 4.98 Å². The van der Waals surface area contributed by atoms with Crippen LogP contribution in [0.25, 0.3) is 0 Å². The average Bonchev–Trinajstić information content (AvgIpc) is 3.05. The molecule has 2 heterocycles. The molecule has 9 heteroatoms. The number of nitrogens with zero attached hydrogens (tertiary/aromatic N) is 2. The molecule has 27 heavy (non-hydrogen) atoms. The Bertz CT molecular complexity index is 806. The second-order valence-corrected chi connectivity index (χ2v) is 7.68. The van der Waals surface area contributed by atoms with E-state index >= 15 is 0 Å². The molecule has 0 radical (unpaired) electrons. The van der Waals surface area contributed by atoms with Gasteiger partial charge in [0, 0.05) is 32.1 Å². The summed E-state index contributed by atoms with van der Waals surface area (Å²) in [7, 11) is -1.94. The Balaban J connectivity index is 0.000000312. The van der Waals surface area contributed by atoms with Gasteiger partial charge in [-0.15, -0.1) is 0 Å². The predicted octanol–water partition coefficient (Wildman–Crippen LogP) is 1.88. The molecule has 0 bridgehead atoms. The molecule has 0 amide bonds. The molecule has 150 valence electrons. The van der Waals surface area contributed by atoms with Crippen LogP contribution in [0.2, 0.25) is 0 Å². The van der Waals surface area contributed by atoms with Crippen LogP contribution in [-0.2, 0) is 23.1 Å². The second-order valence-electron chi connectivity index (χ2n) is 5.84. The largest absolute Gasteiger partial charge is 0.400 e. The van der Waals surface area contributed by atoms with Gasteiger partial charge >= 0.3 is 0 Å². The zero-order valence-electron chi connectivity index (χ0n) is 15.8. The van der Waals surface area contributed by atoms with Crippen LogP contribution in [0.4, 0.5) is 15.8 Å². The monoisotopic (exact) mass is 398 g/mol. The number of fused-ring (bicyclic) bond motifs is 1. The summed E-state index contributed by atoms with van der Waals surface area (Å²) in [5, 5.41) is 7.00. The number of nitrogen functional groups attached to an aromatic ring is 1. The molecular weight excluding hydrogens is 371 g/mol. The summed E-state index contributed by atoms with van der Waals surface area (Å²) in [6, 6.07) is 8.72. The van der Waals surface area contributed by atoms with Gasteiger partial charge in [-0.25, -0.2) is 17.5 Å². The van der Waals surface area contributed by atoms with Gasteiger partial charge in [0.05, 0.1) is 24.2 Å². The lowest BCUT2D eigenvalue weighted by Crippen LogP contribution is -2.22. The van der Waals surface area contributed by atoms with Gasteiger partial charge in [-0.2, -0.15) is 0 Å².